The van der Waals surface area contributed by atoms with Crippen molar-refractivity contribution >= 4 is 8.32 Å². The summed E-state index contributed by atoms with van der Waals surface area (Å²) in [5.74, 6) is 1.23. The third-order valence-electron chi connectivity index (χ3n) is 4.52. The number of fused-ring (bicyclic) bond motifs is 1. The Morgan fingerprint density at radius 3 is 2.83 bits per heavy atom. The van der Waals surface area contributed by atoms with Crippen LogP contribution in [0.15, 0.2) is 12.4 Å². The molecular weight excluding hydrogens is 240 g/mol. The molecule has 1 aromatic heterocycles. The molecule has 2 rings (SSSR count). The highest BCUT2D eigenvalue weighted by molar-refractivity contribution is 6.74. The highest BCUT2D eigenvalue weighted by Crippen LogP contribution is 2.37. The Morgan fingerprint density at radius 1 is 1.44 bits per heavy atom. The summed E-state index contributed by atoms with van der Waals surface area (Å²) < 4.78 is 8.67. The van der Waals surface area contributed by atoms with Crippen LogP contribution in [-0.4, -0.2) is 24.5 Å². The predicted molar refractivity (Wildman–Crippen MR) is 77.4 cm³/mol. The van der Waals surface area contributed by atoms with E-state index in [9.17, 15) is 0 Å². The zero-order chi connectivity index (χ0) is 13.4. The van der Waals surface area contributed by atoms with Crippen molar-refractivity contribution < 1.29 is 4.43 Å². The average Bonchev–Trinajstić information content (AvgIpc) is 2.73. The van der Waals surface area contributed by atoms with E-state index in [-0.39, 0.29) is 0 Å². The van der Waals surface area contributed by atoms with Crippen molar-refractivity contribution in [2.75, 3.05) is 6.61 Å². The summed E-state index contributed by atoms with van der Waals surface area (Å²) in [5, 5.41) is 0.291. The van der Waals surface area contributed by atoms with E-state index in [1.54, 1.807) is 0 Å². The highest BCUT2D eigenvalue weighted by atomic mass is 28.4. The lowest BCUT2D eigenvalue weighted by Gasteiger charge is -2.38. The van der Waals surface area contributed by atoms with Crippen molar-refractivity contribution in [3.05, 3.63) is 18.2 Å². The van der Waals surface area contributed by atoms with E-state index in [4.69, 9.17) is 4.43 Å². The molecule has 0 radical (unpaired) electrons. The zero-order valence-electron chi connectivity index (χ0n) is 12.4. The Balaban J connectivity index is 2.01. The van der Waals surface area contributed by atoms with Crippen LogP contribution in [0.1, 0.15) is 45.5 Å². The lowest BCUT2D eigenvalue weighted by Crippen LogP contribution is -2.42. The van der Waals surface area contributed by atoms with Gasteiger partial charge in [0.05, 0.1) is 12.6 Å². The van der Waals surface area contributed by atoms with Crippen molar-refractivity contribution in [1.82, 2.24) is 9.55 Å². The van der Waals surface area contributed by atoms with E-state index in [2.05, 4.69) is 49.6 Å². The van der Waals surface area contributed by atoms with Gasteiger partial charge in [-0.1, -0.05) is 20.8 Å². The Hall–Kier alpha value is -0.613. The first-order valence-corrected chi connectivity index (χ1v) is 9.88. The van der Waals surface area contributed by atoms with Crippen LogP contribution in [0, 0.1) is 0 Å². The van der Waals surface area contributed by atoms with Crippen LogP contribution in [0.4, 0.5) is 0 Å². The standard InChI is InChI=1S/C14H26N2OSi/c1-14(2,3)18(4,5)17-11-12-7-6-8-13-15-9-10-16(12)13/h9-10,12H,6-8,11H2,1-5H3. The fraction of sp³-hybridized carbons (Fsp3) is 0.786. The number of rotatable bonds is 3. The number of hydrogen-bond donors (Lipinski definition) is 0. The largest absolute Gasteiger partial charge is 0.415 e. The lowest BCUT2D eigenvalue weighted by molar-refractivity contribution is 0.208. The van der Waals surface area contributed by atoms with Gasteiger partial charge in [-0.05, 0) is 31.0 Å². The van der Waals surface area contributed by atoms with Crippen LogP contribution < -0.4 is 0 Å². The quantitative estimate of drug-likeness (QED) is 0.778. The van der Waals surface area contributed by atoms with Crippen molar-refractivity contribution in [2.24, 2.45) is 0 Å². The molecule has 0 fully saturated rings. The molecule has 4 heteroatoms. The molecule has 2 heterocycles. The van der Waals surface area contributed by atoms with Crippen molar-refractivity contribution in [2.45, 2.75) is 64.2 Å². The van der Waals surface area contributed by atoms with Gasteiger partial charge < -0.3 is 8.99 Å². The summed E-state index contributed by atoms with van der Waals surface area (Å²) in [7, 11) is -1.62. The van der Waals surface area contributed by atoms with Gasteiger partial charge in [-0.3, -0.25) is 0 Å². The molecule has 0 N–H and O–H groups in total. The van der Waals surface area contributed by atoms with E-state index < -0.39 is 8.32 Å². The van der Waals surface area contributed by atoms with Crippen molar-refractivity contribution in [1.29, 1.82) is 0 Å². The summed E-state index contributed by atoms with van der Waals surface area (Å²) in [6, 6.07) is 0.491. The maximum absolute atomic E-state index is 6.35. The number of aryl methyl sites for hydroxylation is 1. The second-order valence-electron chi connectivity index (χ2n) is 6.87. The third-order valence-corrected chi connectivity index (χ3v) is 9.02. The Labute approximate surface area is 112 Å². The molecule has 1 atom stereocenters. The first kappa shape index (κ1) is 13.8. The maximum atomic E-state index is 6.35. The van der Waals surface area contributed by atoms with E-state index in [1.165, 1.54) is 18.7 Å². The van der Waals surface area contributed by atoms with Gasteiger partial charge in [0.25, 0.3) is 0 Å². The van der Waals surface area contributed by atoms with Gasteiger partial charge in [0.2, 0.25) is 0 Å². The second kappa shape index (κ2) is 4.81. The zero-order valence-corrected chi connectivity index (χ0v) is 13.4. The SMILES string of the molecule is CC(C)(C)[Si](C)(C)OCC1CCCc2nccn21. The second-order valence-corrected chi connectivity index (χ2v) is 11.7. The van der Waals surface area contributed by atoms with E-state index in [1.807, 2.05) is 6.20 Å². The van der Waals surface area contributed by atoms with Gasteiger partial charge in [0, 0.05) is 18.8 Å². The first-order chi connectivity index (χ1) is 8.31. The Bertz CT molecular complexity index is 406. The van der Waals surface area contributed by atoms with Crippen molar-refractivity contribution in [3.63, 3.8) is 0 Å². The molecule has 1 aliphatic rings. The molecule has 0 saturated carbocycles. The maximum Gasteiger partial charge on any atom is 0.192 e. The Morgan fingerprint density at radius 2 is 2.17 bits per heavy atom. The molecule has 102 valence electrons. The summed E-state index contributed by atoms with van der Waals surface area (Å²) in [6.07, 6.45) is 7.60. The van der Waals surface area contributed by atoms with Gasteiger partial charge in [0.1, 0.15) is 5.82 Å². The van der Waals surface area contributed by atoms with Gasteiger partial charge in [-0.15, -0.1) is 0 Å². The van der Waals surface area contributed by atoms with Crippen molar-refractivity contribution in [3.8, 4) is 0 Å². The van der Waals surface area contributed by atoms with Gasteiger partial charge in [-0.2, -0.15) is 0 Å². The molecule has 0 saturated heterocycles. The van der Waals surface area contributed by atoms with Crippen LogP contribution in [0.25, 0.3) is 0 Å². The summed E-state index contributed by atoms with van der Waals surface area (Å²) in [5.41, 5.74) is 0. The van der Waals surface area contributed by atoms with E-state index >= 15 is 0 Å². The first-order valence-electron chi connectivity index (χ1n) is 6.97. The minimum atomic E-state index is -1.62. The van der Waals surface area contributed by atoms with Crippen LogP contribution in [0.2, 0.25) is 18.1 Å². The van der Waals surface area contributed by atoms with Gasteiger partial charge in [-0.25, -0.2) is 4.98 Å². The molecule has 0 amide bonds. The smallest absolute Gasteiger partial charge is 0.192 e. The van der Waals surface area contributed by atoms with Crippen LogP contribution in [0.3, 0.4) is 0 Å². The summed E-state index contributed by atoms with van der Waals surface area (Å²) in [4.78, 5) is 4.42. The molecule has 18 heavy (non-hydrogen) atoms. The van der Waals surface area contributed by atoms with E-state index in [0.717, 1.165) is 13.0 Å². The number of nitrogens with zero attached hydrogens (tertiary/aromatic N) is 2. The summed E-state index contributed by atoms with van der Waals surface area (Å²) in [6.45, 7) is 12.4. The minimum absolute atomic E-state index is 0.291. The Kier molecular flexibility index (Phi) is 3.69. The fourth-order valence-electron chi connectivity index (χ4n) is 2.19. The monoisotopic (exact) mass is 266 g/mol. The summed E-state index contributed by atoms with van der Waals surface area (Å²) >= 11 is 0. The molecule has 0 spiro atoms. The van der Waals surface area contributed by atoms with Crippen LogP contribution in [-0.2, 0) is 10.8 Å². The topological polar surface area (TPSA) is 27.1 Å². The van der Waals surface area contributed by atoms with Gasteiger partial charge in [0.15, 0.2) is 8.32 Å². The minimum Gasteiger partial charge on any atom is -0.415 e. The van der Waals surface area contributed by atoms with Gasteiger partial charge >= 0.3 is 0 Å². The number of aromatic nitrogens is 2. The normalized spacial score (nSPS) is 20.8. The number of hydrogen-bond acceptors (Lipinski definition) is 2. The fourth-order valence-corrected chi connectivity index (χ4v) is 3.23. The third kappa shape index (κ3) is 2.69. The molecule has 0 bridgehead atoms. The number of imidazole rings is 1. The molecule has 0 aromatic carbocycles. The van der Waals surface area contributed by atoms with E-state index in [0.29, 0.717) is 11.1 Å². The van der Waals surface area contributed by atoms with Crippen LogP contribution in [0.5, 0.6) is 0 Å². The highest BCUT2D eigenvalue weighted by Gasteiger charge is 2.38. The molecule has 1 aromatic rings. The molecular formula is C14H26N2OSi. The lowest BCUT2D eigenvalue weighted by atomic mass is 10.1. The molecule has 1 unspecified atom stereocenters. The predicted octanol–water partition coefficient (Wildman–Crippen LogP) is 3.78. The molecule has 0 aliphatic carbocycles. The molecule has 3 nitrogen and oxygen atoms in total. The average molecular weight is 266 g/mol. The molecule has 1 aliphatic heterocycles. The van der Waals surface area contributed by atoms with Crippen LogP contribution >= 0.6 is 0 Å².